The van der Waals surface area contributed by atoms with Crippen molar-refractivity contribution in [1.29, 1.82) is 0 Å². The first-order valence-corrected chi connectivity index (χ1v) is 7.42. The third-order valence-electron chi connectivity index (χ3n) is 2.93. The Morgan fingerprint density at radius 2 is 1.95 bits per heavy atom. The molecule has 0 fully saturated rings. The van der Waals surface area contributed by atoms with E-state index in [9.17, 15) is 9.59 Å². The van der Waals surface area contributed by atoms with Gasteiger partial charge in [-0.2, -0.15) is 0 Å². The molecule has 0 saturated heterocycles. The van der Waals surface area contributed by atoms with Crippen LogP contribution >= 0.6 is 22.6 Å². The fourth-order valence-electron chi connectivity index (χ4n) is 1.83. The number of nitrogens with one attached hydrogen (secondary N) is 2. The molecule has 0 spiro atoms. The van der Waals surface area contributed by atoms with Crippen molar-refractivity contribution >= 4 is 34.4 Å². The molecule has 0 aliphatic rings. The van der Waals surface area contributed by atoms with E-state index in [0.717, 1.165) is 9.13 Å². The van der Waals surface area contributed by atoms with Crippen LogP contribution in [0.15, 0.2) is 58.0 Å². The number of hydrogen-bond acceptors (Lipinski definition) is 4. The number of carbonyl (C=O) groups is 1. The molecule has 0 radical (unpaired) electrons. The summed E-state index contributed by atoms with van der Waals surface area (Å²) in [6, 6.07) is 12.1. The van der Waals surface area contributed by atoms with Gasteiger partial charge in [0.15, 0.2) is 0 Å². The first kappa shape index (κ1) is 14.5. The number of amides is 1. The van der Waals surface area contributed by atoms with Gasteiger partial charge in [-0.25, -0.2) is 0 Å². The fourth-order valence-corrected chi connectivity index (χ4v) is 2.19. The minimum absolute atomic E-state index is 0.241. The van der Waals surface area contributed by atoms with E-state index in [0.29, 0.717) is 11.3 Å². The van der Waals surface area contributed by atoms with Crippen LogP contribution in [-0.4, -0.2) is 16.0 Å². The van der Waals surface area contributed by atoms with Gasteiger partial charge >= 0.3 is 0 Å². The molecule has 3 aromatic rings. The summed E-state index contributed by atoms with van der Waals surface area (Å²) in [5, 5.41) is 6.51. The Bertz CT molecular complexity index is 848. The van der Waals surface area contributed by atoms with Crippen molar-refractivity contribution in [3.05, 3.63) is 68.1 Å². The number of anilines is 1. The van der Waals surface area contributed by atoms with Gasteiger partial charge in [0.1, 0.15) is 5.69 Å². The third-order valence-corrected chi connectivity index (χ3v) is 3.65. The minimum Gasteiger partial charge on any atom is -0.338 e. The van der Waals surface area contributed by atoms with Crippen LogP contribution in [-0.2, 0) is 0 Å². The summed E-state index contributed by atoms with van der Waals surface area (Å²) in [6.45, 7) is 0. The number of halogens is 1. The van der Waals surface area contributed by atoms with Crippen molar-refractivity contribution in [2.45, 2.75) is 0 Å². The van der Waals surface area contributed by atoms with E-state index in [2.05, 4.69) is 38.0 Å². The van der Waals surface area contributed by atoms with Gasteiger partial charge < -0.3 is 9.51 Å². The fraction of sp³-hybridized carbons (Fsp3) is 0. The maximum Gasteiger partial charge on any atom is 0.259 e. The van der Waals surface area contributed by atoms with Crippen molar-refractivity contribution < 1.29 is 9.32 Å². The van der Waals surface area contributed by atoms with E-state index in [1.165, 1.54) is 18.3 Å². The summed E-state index contributed by atoms with van der Waals surface area (Å²) >= 11 is 2.22. The zero-order valence-electron chi connectivity index (χ0n) is 11.2. The van der Waals surface area contributed by atoms with Crippen LogP contribution in [0.3, 0.4) is 0 Å². The zero-order valence-corrected chi connectivity index (χ0v) is 13.3. The average Bonchev–Trinajstić information content (AvgIpc) is 2.97. The number of pyridine rings is 1. The second-order valence-electron chi connectivity index (χ2n) is 4.48. The SMILES string of the molecule is O=C(Nc1cc(-c2ccc(I)cc2)no1)c1ccc(=O)[nH]c1. The number of H-pyrrole nitrogens is 1. The summed E-state index contributed by atoms with van der Waals surface area (Å²) in [5.41, 5.74) is 1.59. The van der Waals surface area contributed by atoms with E-state index < -0.39 is 0 Å². The van der Waals surface area contributed by atoms with E-state index in [1.54, 1.807) is 6.07 Å². The van der Waals surface area contributed by atoms with Crippen LogP contribution in [0.5, 0.6) is 0 Å². The second-order valence-corrected chi connectivity index (χ2v) is 5.72. The summed E-state index contributed by atoms with van der Waals surface area (Å²) < 4.78 is 6.23. The topological polar surface area (TPSA) is 88.0 Å². The number of nitrogens with zero attached hydrogens (tertiary/aromatic N) is 1. The predicted octanol–water partition coefficient (Wildman–Crippen LogP) is 2.89. The summed E-state index contributed by atoms with van der Waals surface area (Å²) in [4.78, 5) is 25.4. The lowest BCUT2D eigenvalue weighted by atomic mass is 10.1. The molecule has 0 unspecified atom stereocenters. The second kappa shape index (κ2) is 6.14. The molecule has 2 N–H and O–H groups in total. The van der Waals surface area contributed by atoms with Crippen molar-refractivity contribution in [1.82, 2.24) is 10.1 Å². The highest BCUT2D eigenvalue weighted by Gasteiger charge is 2.11. The zero-order chi connectivity index (χ0) is 15.5. The Morgan fingerprint density at radius 1 is 1.18 bits per heavy atom. The number of carbonyl (C=O) groups excluding carboxylic acids is 1. The molecule has 0 aliphatic heterocycles. The monoisotopic (exact) mass is 407 g/mol. The molecule has 6 nitrogen and oxygen atoms in total. The highest BCUT2D eigenvalue weighted by Crippen LogP contribution is 2.22. The average molecular weight is 407 g/mol. The largest absolute Gasteiger partial charge is 0.338 e. The van der Waals surface area contributed by atoms with Gasteiger partial charge in [-0.3, -0.25) is 14.9 Å². The molecule has 0 aliphatic carbocycles. The maximum atomic E-state index is 12.0. The molecule has 0 atom stereocenters. The standard InChI is InChI=1S/C15H10IN3O3/c16-11-4-1-9(2-5-11)12-7-14(22-19-12)18-15(21)10-3-6-13(20)17-8-10/h1-8H,(H,17,20)(H,18,21). The summed E-state index contributed by atoms with van der Waals surface area (Å²) in [5.74, 6) is -0.147. The number of aromatic nitrogens is 2. The van der Waals surface area contributed by atoms with Crippen LogP contribution in [0.4, 0.5) is 5.88 Å². The first-order valence-electron chi connectivity index (χ1n) is 6.34. The maximum absolute atomic E-state index is 12.0. The highest BCUT2D eigenvalue weighted by molar-refractivity contribution is 14.1. The lowest BCUT2D eigenvalue weighted by Crippen LogP contribution is -2.14. The Morgan fingerprint density at radius 3 is 2.64 bits per heavy atom. The predicted molar refractivity (Wildman–Crippen MR) is 89.7 cm³/mol. The number of rotatable bonds is 3. The van der Waals surface area contributed by atoms with Gasteiger partial charge in [0, 0.05) is 27.5 Å². The normalized spacial score (nSPS) is 10.4. The first-order chi connectivity index (χ1) is 10.6. The van der Waals surface area contributed by atoms with Gasteiger partial charge in [-0.15, -0.1) is 0 Å². The van der Waals surface area contributed by atoms with Crippen LogP contribution in [0.2, 0.25) is 0 Å². The molecule has 0 saturated carbocycles. The van der Waals surface area contributed by atoms with E-state index in [1.807, 2.05) is 24.3 Å². The molecule has 110 valence electrons. The van der Waals surface area contributed by atoms with Gasteiger partial charge in [0.2, 0.25) is 11.4 Å². The van der Waals surface area contributed by atoms with Crippen molar-refractivity contribution in [2.24, 2.45) is 0 Å². The number of hydrogen-bond donors (Lipinski definition) is 2. The van der Waals surface area contributed by atoms with Gasteiger partial charge in [-0.05, 0) is 40.8 Å². The Balaban J connectivity index is 1.76. The molecule has 22 heavy (non-hydrogen) atoms. The van der Waals surface area contributed by atoms with Gasteiger partial charge in [0.25, 0.3) is 5.91 Å². The lowest BCUT2D eigenvalue weighted by Gasteiger charge is -1.99. The molecule has 2 heterocycles. The third kappa shape index (κ3) is 3.25. The molecule has 1 aromatic carbocycles. The lowest BCUT2D eigenvalue weighted by molar-refractivity contribution is 0.102. The van der Waals surface area contributed by atoms with E-state index in [4.69, 9.17) is 4.52 Å². The Kier molecular flexibility index (Phi) is 4.05. The Labute approximate surface area is 138 Å². The molecular weight excluding hydrogens is 397 g/mol. The van der Waals surface area contributed by atoms with Gasteiger partial charge in [0.05, 0.1) is 5.56 Å². The molecular formula is C15H10IN3O3. The summed E-state index contributed by atoms with van der Waals surface area (Å²) in [6.07, 6.45) is 1.34. The van der Waals surface area contributed by atoms with Gasteiger partial charge in [-0.1, -0.05) is 17.3 Å². The Hall–Kier alpha value is -2.42. The molecule has 7 heteroatoms. The summed E-state index contributed by atoms with van der Waals surface area (Å²) in [7, 11) is 0. The number of benzene rings is 1. The van der Waals surface area contributed by atoms with E-state index >= 15 is 0 Å². The highest BCUT2D eigenvalue weighted by atomic mass is 127. The van der Waals surface area contributed by atoms with Crippen molar-refractivity contribution in [3.63, 3.8) is 0 Å². The van der Waals surface area contributed by atoms with Crippen LogP contribution in [0.1, 0.15) is 10.4 Å². The van der Waals surface area contributed by atoms with Crippen LogP contribution < -0.4 is 10.9 Å². The number of aromatic amines is 1. The molecule has 1 amide bonds. The molecule has 3 rings (SSSR count). The van der Waals surface area contributed by atoms with Crippen molar-refractivity contribution in [2.75, 3.05) is 5.32 Å². The molecule has 0 bridgehead atoms. The van der Waals surface area contributed by atoms with Crippen molar-refractivity contribution in [3.8, 4) is 11.3 Å². The molecule has 2 aromatic heterocycles. The smallest absolute Gasteiger partial charge is 0.259 e. The van der Waals surface area contributed by atoms with Crippen LogP contribution in [0, 0.1) is 3.57 Å². The minimum atomic E-state index is -0.387. The quantitative estimate of drug-likeness (QED) is 0.654. The van der Waals surface area contributed by atoms with E-state index in [-0.39, 0.29) is 17.4 Å². The van der Waals surface area contributed by atoms with Crippen LogP contribution in [0.25, 0.3) is 11.3 Å².